The molecule has 2 rings (SSSR count). The SMILES string of the molecule is C=C(C)CN(C)C(CC)N(C)c1ccc(Br)cc1C(=C)c1ccccn1. The molecule has 0 aliphatic rings. The van der Waals surface area contributed by atoms with Gasteiger partial charge in [0.05, 0.1) is 11.9 Å². The van der Waals surface area contributed by atoms with Gasteiger partial charge >= 0.3 is 0 Å². The van der Waals surface area contributed by atoms with E-state index >= 15 is 0 Å². The monoisotopic (exact) mass is 413 g/mol. The maximum absolute atomic E-state index is 4.47. The highest BCUT2D eigenvalue weighted by atomic mass is 79.9. The number of rotatable bonds is 8. The summed E-state index contributed by atoms with van der Waals surface area (Å²) in [6.07, 6.45) is 3.08. The van der Waals surface area contributed by atoms with E-state index in [1.165, 1.54) is 0 Å². The number of hydrogen-bond donors (Lipinski definition) is 0. The van der Waals surface area contributed by atoms with Gasteiger partial charge in [-0.1, -0.05) is 47.7 Å². The Bertz CT molecular complexity index is 770. The summed E-state index contributed by atoms with van der Waals surface area (Å²) in [7, 11) is 4.28. The third kappa shape index (κ3) is 4.83. The summed E-state index contributed by atoms with van der Waals surface area (Å²) >= 11 is 3.60. The van der Waals surface area contributed by atoms with Gasteiger partial charge in [-0.2, -0.15) is 0 Å². The van der Waals surface area contributed by atoms with Crippen LogP contribution in [0.1, 0.15) is 31.5 Å². The standard InChI is InChI=1S/C22H28BrN3/c1-7-22(25(5)15-16(2)3)26(6)21-12-11-18(23)14-19(21)17(4)20-10-8-9-13-24-20/h8-14,22H,2,4,7,15H2,1,3,5-6H3. The van der Waals surface area contributed by atoms with E-state index < -0.39 is 0 Å². The van der Waals surface area contributed by atoms with Crippen molar-refractivity contribution in [1.82, 2.24) is 9.88 Å². The number of likely N-dealkylation sites (N-methyl/N-ethyl adjacent to an activating group) is 1. The molecule has 0 bridgehead atoms. The first kappa shape index (κ1) is 20.4. The molecule has 3 nitrogen and oxygen atoms in total. The van der Waals surface area contributed by atoms with Crippen molar-refractivity contribution in [3.8, 4) is 0 Å². The minimum Gasteiger partial charge on any atom is -0.358 e. The number of benzene rings is 1. The molecule has 0 saturated carbocycles. The zero-order chi connectivity index (χ0) is 19.3. The Morgan fingerprint density at radius 2 is 1.92 bits per heavy atom. The van der Waals surface area contributed by atoms with E-state index in [2.05, 4.69) is 90.0 Å². The van der Waals surface area contributed by atoms with E-state index in [-0.39, 0.29) is 6.17 Å². The lowest BCUT2D eigenvalue weighted by Gasteiger charge is -2.37. The van der Waals surface area contributed by atoms with E-state index in [0.717, 1.165) is 45.5 Å². The highest BCUT2D eigenvalue weighted by Gasteiger charge is 2.21. The first-order valence-corrected chi connectivity index (χ1v) is 9.62. The first-order valence-electron chi connectivity index (χ1n) is 8.82. The minimum atomic E-state index is 0.267. The number of aromatic nitrogens is 1. The summed E-state index contributed by atoms with van der Waals surface area (Å²) in [4.78, 5) is 9.12. The smallest absolute Gasteiger partial charge is 0.0815 e. The third-order valence-electron chi connectivity index (χ3n) is 4.48. The zero-order valence-corrected chi connectivity index (χ0v) is 17.8. The van der Waals surface area contributed by atoms with Crippen LogP contribution in [0.2, 0.25) is 0 Å². The van der Waals surface area contributed by atoms with Crippen molar-refractivity contribution in [2.24, 2.45) is 0 Å². The van der Waals surface area contributed by atoms with Gasteiger partial charge in [0.1, 0.15) is 0 Å². The second kappa shape index (κ2) is 9.15. The molecule has 0 radical (unpaired) electrons. The van der Waals surface area contributed by atoms with Crippen LogP contribution in [0, 0.1) is 0 Å². The zero-order valence-electron chi connectivity index (χ0n) is 16.2. The topological polar surface area (TPSA) is 19.4 Å². The molecular formula is C22H28BrN3. The van der Waals surface area contributed by atoms with Crippen molar-refractivity contribution in [2.75, 3.05) is 25.5 Å². The fourth-order valence-electron chi connectivity index (χ4n) is 3.31. The highest BCUT2D eigenvalue weighted by Crippen LogP contribution is 2.33. The maximum atomic E-state index is 4.47. The molecule has 0 N–H and O–H groups in total. The third-order valence-corrected chi connectivity index (χ3v) is 4.97. The van der Waals surface area contributed by atoms with Crippen molar-refractivity contribution in [1.29, 1.82) is 0 Å². The molecule has 0 saturated heterocycles. The number of pyridine rings is 1. The molecule has 1 atom stereocenters. The molecule has 0 fully saturated rings. The molecule has 0 spiro atoms. The van der Waals surface area contributed by atoms with Crippen LogP contribution in [-0.4, -0.2) is 36.7 Å². The summed E-state index contributed by atoms with van der Waals surface area (Å²) < 4.78 is 1.03. The van der Waals surface area contributed by atoms with Crippen LogP contribution < -0.4 is 4.90 Å². The minimum absolute atomic E-state index is 0.267. The molecule has 0 amide bonds. The highest BCUT2D eigenvalue weighted by molar-refractivity contribution is 9.10. The molecule has 2 aromatic rings. The van der Waals surface area contributed by atoms with Gasteiger partial charge in [0, 0.05) is 41.1 Å². The number of halogens is 1. The molecule has 1 heterocycles. The van der Waals surface area contributed by atoms with Crippen LogP contribution in [0.3, 0.4) is 0 Å². The lowest BCUT2D eigenvalue weighted by atomic mass is 10.0. The van der Waals surface area contributed by atoms with Gasteiger partial charge in [0.2, 0.25) is 0 Å². The number of anilines is 1. The summed E-state index contributed by atoms with van der Waals surface area (Å²) in [6, 6.07) is 12.2. The largest absolute Gasteiger partial charge is 0.358 e. The molecule has 138 valence electrons. The van der Waals surface area contributed by atoms with Crippen molar-refractivity contribution in [3.63, 3.8) is 0 Å². The van der Waals surface area contributed by atoms with E-state index in [9.17, 15) is 0 Å². The van der Waals surface area contributed by atoms with Gasteiger partial charge in [0.15, 0.2) is 0 Å². The predicted molar refractivity (Wildman–Crippen MR) is 116 cm³/mol. The Morgan fingerprint density at radius 1 is 1.19 bits per heavy atom. The fourth-order valence-corrected chi connectivity index (χ4v) is 3.67. The Kier molecular flexibility index (Phi) is 7.18. The van der Waals surface area contributed by atoms with Crippen LogP contribution in [0.25, 0.3) is 5.57 Å². The molecule has 4 heteroatoms. The number of nitrogens with zero attached hydrogens (tertiary/aromatic N) is 3. The van der Waals surface area contributed by atoms with Crippen LogP contribution in [0.15, 0.2) is 65.8 Å². The van der Waals surface area contributed by atoms with Crippen LogP contribution in [0.4, 0.5) is 5.69 Å². The maximum Gasteiger partial charge on any atom is 0.0815 e. The normalized spacial score (nSPS) is 12.1. The summed E-state index contributed by atoms with van der Waals surface area (Å²) in [5.74, 6) is 0. The lowest BCUT2D eigenvalue weighted by molar-refractivity contribution is 0.252. The summed E-state index contributed by atoms with van der Waals surface area (Å²) in [6.45, 7) is 13.5. The predicted octanol–water partition coefficient (Wildman–Crippen LogP) is 5.59. The van der Waals surface area contributed by atoms with Gasteiger partial charge in [-0.3, -0.25) is 9.88 Å². The first-order chi connectivity index (χ1) is 12.3. The average Bonchev–Trinajstić information content (AvgIpc) is 2.61. The van der Waals surface area contributed by atoms with Crippen molar-refractivity contribution >= 4 is 27.2 Å². The van der Waals surface area contributed by atoms with E-state index in [4.69, 9.17) is 0 Å². The van der Waals surface area contributed by atoms with E-state index in [1.807, 2.05) is 18.2 Å². The second-order valence-corrected chi connectivity index (χ2v) is 7.64. The number of hydrogen-bond acceptors (Lipinski definition) is 3. The Hall–Kier alpha value is -1.91. The summed E-state index contributed by atoms with van der Waals surface area (Å²) in [5.41, 5.74) is 5.20. The Balaban J connectivity index is 2.42. The van der Waals surface area contributed by atoms with Gasteiger partial charge < -0.3 is 4.90 Å². The molecule has 0 aliphatic heterocycles. The molecule has 1 unspecified atom stereocenters. The van der Waals surface area contributed by atoms with Crippen LogP contribution in [-0.2, 0) is 0 Å². The Morgan fingerprint density at radius 3 is 2.50 bits per heavy atom. The molecule has 1 aromatic heterocycles. The lowest BCUT2D eigenvalue weighted by Crippen LogP contribution is -2.45. The van der Waals surface area contributed by atoms with Crippen molar-refractivity contribution in [3.05, 3.63) is 77.1 Å². The second-order valence-electron chi connectivity index (χ2n) is 6.73. The molecule has 0 aliphatic carbocycles. The van der Waals surface area contributed by atoms with Gasteiger partial charge in [-0.25, -0.2) is 0 Å². The van der Waals surface area contributed by atoms with Crippen LogP contribution >= 0.6 is 15.9 Å². The van der Waals surface area contributed by atoms with E-state index in [0.29, 0.717) is 0 Å². The van der Waals surface area contributed by atoms with Crippen molar-refractivity contribution < 1.29 is 0 Å². The Labute approximate surface area is 166 Å². The molecular weight excluding hydrogens is 386 g/mol. The van der Waals surface area contributed by atoms with Crippen LogP contribution in [0.5, 0.6) is 0 Å². The van der Waals surface area contributed by atoms with Crippen molar-refractivity contribution in [2.45, 2.75) is 26.4 Å². The fraction of sp³-hybridized carbons (Fsp3) is 0.318. The average molecular weight is 414 g/mol. The molecule has 1 aromatic carbocycles. The van der Waals surface area contributed by atoms with E-state index in [1.54, 1.807) is 6.20 Å². The van der Waals surface area contributed by atoms with Gasteiger partial charge in [0.25, 0.3) is 0 Å². The molecule has 26 heavy (non-hydrogen) atoms. The summed E-state index contributed by atoms with van der Waals surface area (Å²) in [5, 5.41) is 0. The van der Waals surface area contributed by atoms with Gasteiger partial charge in [-0.15, -0.1) is 0 Å². The quantitative estimate of drug-likeness (QED) is 0.415. The van der Waals surface area contributed by atoms with Gasteiger partial charge in [-0.05, 0) is 50.7 Å².